The summed E-state index contributed by atoms with van der Waals surface area (Å²) in [6.45, 7) is 4.05. The van der Waals surface area contributed by atoms with E-state index in [4.69, 9.17) is 0 Å². The number of Topliss-reactive ketones (excluding diaryl/α,β-unsaturated/α-hetero) is 2. The largest absolute Gasteiger partial charge is 0.285 e. The number of ketones is 2. The second-order valence-corrected chi connectivity index (χ2v) is 4.77. The van der Waals surface area contributed by atoms with E-state index in [-0.39, 0.29) is 0 Å². The molecule has 0 saturated heterocycles. The molecule has 102 valence electrons. The van der Waals surface area contributed by atoms with Gasteiger partial charge in [0.15, 0.2) is 0 Å². The van der Waals surface area contributed by atoms with Crippen LogP contribution >= 0.6 is 0 Å². The minimum atomic E-state index is -0.437. The summed E-state index contributed by atoms with van der Waals surface area (Å²) in [4.78, 5) is 24.5. The van der Waals surface area contributed by atoms with Crippen LogP contribution in [0.4, 0.5) is 0 Å². The molecule has 2 nitrogen and oxygen atoms in total. The fraction of sp³-hybridized carbons (Fsp3) is 0.222. The van der Waals surface area contributed by atoms with Crippen LogP contribution in [0.3, 0.4) is 0 Å². The molecule has 0 aliphatic heterocycles. The van der Waals surface area contributed by atoms with Crippen molar-refractivity contribution in [3.05, 3.63) is 70.8 Å². The molecule has 0 radical (unpaired) electrons. The van der Waals surface area contributed by atoms with Crippen molar-refractivity contribution >= 4 is 11.6 Å². The highest BCUT2D eigenvalue weighted by molar-refractivity contribution is 6.49. The van der Waals surface area contributed by atoms with Gasteiger partial charge in [-0.3, -0.25) is 9.59 Å². The Balaban J connectivity index is 2.29. The maximum absolute atomic E-state index is 12.3. The van der Waals surface area contributed by atoms with Crippen LogP contribution in [0.2, 0.25) is 0 Å². The van der Waals surface area contributed by atoms with Crippen LogP contribution in [-0.2, 0) is 12.8 Å². The topological polar surface area (TPSA) is 34.1 Å². The van der Waals surface area contributed by atoms with Crippen LogP contribution in [0, 0.1) is 0 Å². The van der Waals surface area contributed by atoms with Gasteiger partial charge >= 0.3 is 0 Å². The first-order chi connectivity index (χ1) is 9.65. The Morgan fingerprint density at radius 1 is 0.750 bits per heavy atom. The lowest BCUT2D eigenvalue weighted by Gasteiger charge is -2.04. The quantitative estimate of drug-likeness (QED) is 0.608. The van der Waals surface area contributed by atoms with E-state index in [1.807, 2.05) is 38.1 Å². The number of hydrogen-bond donors (Lipinski definition) is 0. The Labute approximate surface area is 119 Å². The van der Waals surface area contributed by atoms with E-state index in [1.165, 1.54) is 0 Å². The van der Waals surface area contributed by atoms with E-state index >= 15 is 0 Å². The molecule has 2 aromatic rings. The zero-order valence-corrected chi connectivity index (χ0v) is 11.8. The van der Waals surface area contributed by atoms with Crippen molar-refractivity contribution in [1.82, 2.24) is 0 Å². The lowest BCUT2D eigenvalue weighted by molar-refractivity contribution is 0.0817. The maximum atomic E-state index is 12.3. The predicted molar refractivity (Wildman–Crippen MR) is 80.3 cm³/mol. The molecule has 2 rings (SSSR count). The lowest BCUT2D eigenvalue weighted by atomic mass is 9.98. The summed E-state index contributed by atoms with van der Waals surface area (Å²) in [5.74, 6) is -0.873. The van der Waals surface area contributed by atoms with Crippen molar-refractivity contribution in [1.29, 1.82) is 0 Å². The van der Waals surface area contributed by atoms with Gasteiger partial charge in [0.25, 0.3) is 0 Å². The highest BCUT2D eigenvalue weighted by Crippen LogP contribution is 2.12. The smallest absolute Gasteiger partial charge is 0.233 e. The molecule has 0 spiro atoms. The van der Waals surface area contributed by atoms with E-state index in [0.29, 0.717) is 11.1 Å². The van der Waals surface area contributed by atoms with Crippen LogP contribution in [0.1, 0.15) is 45.7 Å². The number of hydrogen-bond acceptors (Lipinski definition) is 2. The molecule has 0 N–H and O–H groups in total. The van der Waals surface area contributed by atoms with Gasteiger partial charge in [0.05, 0.1) is 0 Å². The van der Waals surface area contributed by atoms with E-state index in [9.17, 15) is 9.59 Å². The molecule has 0 aliphatic rings. The third-order valence-corrected chi connectivity index (χ3v) is 3.40. The first kappa shape index (κ1) is 14.2. The number of aryl methyl sites for hydroxylation is 2. The van der Waals surface area contributed by atoms with E-state index in [2.05, 4.69) is 0 Å². The van der Waals surface area contributed by atoms with Crippen molar-refractivity contribution in [3.8, 4) is 0 Å². The molecule has 0 heterocycles. The van der Waals surface area contributed by atoms with Gasteiger partial charge in [-0.1, -0.05) is 50.2 Å². The molecule has 20 heavy (non-hydrogen) atoms. The molecule has 2 heteroatoms. The van der Waals surface area contributed by atoms with E-state index in [1.54, 1.807) is 24.3 Å². The second kappa shape index (κ2) is 6.29. The molecule has 0 atom stereocenters. The van der Waals surface area contributed by atoms with Crippen molar-refractivity contribution < 1.29 is 9.59 Å². The summed E-state index contributed by atoms with van der Waals surface area (Å²) >= 11 is 0. The van der Waals surface area contributed by atoms with Crippen LogP contribution in [0.5, 0.6) is 0 Å². The van der Waals surface area contributed by atoms with E-state index < -0.39 is 11.6 Å². The molecule has 0 fully saturated rings. The zero-order chi connectivity index (χ0) is 14.5. The van der Waals surface area contributed by atoms with Gasteiger partial charge in [-0.05, 0) is 36.1 Å². The molecular weight excluding hydrogens is 248 g/mol. The summed E-state index contributed by atoms with van der Waals surface area (Å²) in [6.07, 6.45) is 1.70. The van der Waals surface area contributed by atoms with Crippen molar-refractivity contribution in [2.75, 3.05) is 0 Å². The van der Waals surface area contributed by atoms with Crippen molar-refractivity contribution in [2.24, 2.45) is 0 Å². The van der Waals surface area contributed by atoms with Crippen LogP contribution in [0.25, 0.3) is 0 Å². The van der Waals surface area contributed by atoms with Crippen LogP contribution in [0.15, 0.2) is 48.5 Å². The Kier molecular flexibility index (Phi) is 4.46. The SMILES string of the molecule is CCc1cccc(C(=O)C(=O)c2cccc(CC)c2)c1. The lowest BCUT2D eigenvalue weighted by Crippen LogP contribution is -2.14. The van der Waals surface area contributed by atoms with Gasteiger partial charge in [-0.25, -0.2) is 0 Å². The summed E-state index contributed by atoms with van der Waals surface area (Å²) in [5.41, 5.74) is 3.06. The Bertz CT molecular complexity index is 584. The molecule has 0 aromatic heterocycles. The minimum absolute atomic E-state index is 0.437. The molecular formula is C18H18O2. The molecule has 2 aromatic carbocycles. The highest BCUT2D eigenvalue weighted by atomic mass is 16.2. The average molecular weight is 266 g/mol. The number of carbonyl (C=O) groups excluding carboxylic acids is 2. The summed E-state index contributed by atoms with van der Waals surface area (Å²) < 4.78 is 0. The van der Waals surface area contributed by atoms with Crippen molar-refractivity contribution in [2.45, 2.75) is 26.7 Å². The molecule has 0 saturated carbocycles. The first-order valence-corrected chi connectivity index (χ1v) is 6.92. The number of benzene rings is 2. The standard InChI is InChI=1S/C18H18O2/c1-3-13-7-5-9-15(11-13)17(19)18(20)16-10-6-8-14(4-2)12-16/h5-12H,3-4H2,1-2H3. The Morgan fingerprint density at radius 3 is 1.50 bits per heavy atom. The molecule has 0 bridgehead atoms. The third kappa shape index (κ3) is 3.02. The molecule has 0 unspecified atom stereocenters. The monoisotopic (exact) mass is 266 g/mol. The van der Waals surface area contributed by atoms with E-state index in [0.717, 1.165) is 24.0 Å². The fourth-order valence-electron chi connectivity index (χ4n) is 2.13. The minimum Gasteiger partial charge on any atom is -0.285 e. The van der Waals surface area contributed by atoms with Gasteiger partial charge in [0, 0.05) is 11.1 Å². The van der Waals surface area contributed by atoms with Gasteiger partial charge in [-0.15, -0.1) is 0 Å². The average Bonchev–Trinajstić information content (AvgIpc) is 2.53. The third-order valence-electron chi connectivity index (χ3n) is 3.40. The predicted octanol–water partition coefficient (Wildman–Crippen LogP) is 3.88. The Hall–Kier alpha value is -2.22. The summed E-state index contributed by atoms with van der Waals surface area (Å²) in [6, 6.07) is 14.5. The van der Waals surface area contributed by atoms with Gasteiger partial charge < -0.3 is 0 Å². The first-order valence-electron chi connectivity index (χ1n) is 6.92. The normalized spacial score (nSPS) is 10.3. The highest BCUT2D eigenvalue weighted by Gasteiger charge is 2.18. The second-order valence-electron chi connectivity index (χ2n) is 4.77. The van der Waals surface area contributed by atoms with Gasteiger partial charge in [0.2, 0.25) is 11.6 Å². The summed E-state index contributed by atoms with van der Waals surface area (Å²) in [5, 5.41) is 0. The Morgan fingerprint density at radius 2 is 1.15 bits per heavy atom. The zero-order valence-electron chi connectivity index (χ0n) is 11.8. The summed E-state index contributed by atoms with van der Waals surface area (Å²) in [7, 11) is 0. The number of rotatable bonds is 5. The number of carbonyl (C=O) groups is 2. The molecule has 0 amide bonds. The maximum Gasteiger partial charge on any atom is 0.233 e. The fourth-order valence-corrected chi connectivity index (χ4v) is 2.13. The van der Waals surface area contributed by atoms with Crippen LogP contribution in [-0.4, -0.2) is 11.6 Å². The van der Waals surface area contributed by atoms with Gasteiger partial charge in [-0.2, -0.15) is 0 Å². The van der Waals surface area contributed by atoms with Gasteiger partial charge in [0.1, 0.15) is 0 Å². The van der Waals surface area contributed by atoms with Crippen molar-refractivity contribution in [3.63, 3.8) is 0 Å². The van der Waals surface area contributed by atoms with Crippen LogP contribution < -0.4 is 0 Å². The molecule has 0 aliphatic carbocycles.